The van der Waals surface area contributed by atoms with Crippen LogP contribution in [0, 0.1) is 12.8 Å². The van der Waals surface area contributed by atoms with Crippen molar-refractivity contribution < 1.29 is 8.42 Å². The number of sulfonamides is 1. The highest BCUT2D eigenvalue weighted by molar-refractivity contribution is 7.89. The van der Waals surface area contributed by atoms with E-state index in [0.717, 1.165) is 36.9 Å². The van der Waals surface area contributed by atoms with Crippen LogP contribution in [0.2, 0.25) is 0 Å². The van der Waals surface area contributed by atoms with E-state index < -0.39 is 10.0 Å². The van der Waals surface area contributed by atoms with Gasteiger partial charge >= 0.3 is 0 Å². The van der Waals surface area contributed by atoms with Gasteiger partial charge in [-0.3, -0.25) is 0 Å². The van der Waals surface area contributed by atoms with Gasteiger partial charge in [0.05, 0.1) is 4.90 Å². The summed E-state index contributed by atoms with van der Waals surface area (Å²) in [5.74, 6) is 0.602. The van der Waals surface area contributed by atoms with Crippen molar-refractivity contribution in [1.82, 2.24) is 9.62 Å². The van der Waals surface area contributed by atoms with Crippen molar-refractivity contribution >= 4 is 33.0 Å². The highest BCUT2D eigenvalue weighted by Crippen LogP contribution is 2.26. The molecule has 1 aliphatic heterocycles. The molecule has 2 fully saturated rings. The minimum absolute atomic E-state index is 0.339. The van der Waals surface area contributed by atoms with Gasteiger partial charge < -0.3 is 10.6 Å². The number of hydrogen-bond acceptors (Lipinski definition) is 3. The molecule has 0 bridgehead atoms. The summed E-state index contributed by atoms with van der Waals surface area (Å²) < 4.78 is 27.5. The Bertz CT molecular complexity index is 773. The molecule has 2 N–H and O–H groups in total. The average molecular weight is 410 g/mol. The third-order valence-electron chi connectivity index (χ3n) is 5.84. The SMILES string of the molecule is Cc1ccc(S(=O)(=O)N2CCCCC2)cc1NC(=S)N[C@@H]1CCCC[C@@H]1C. The van der Waals surface area contributed by atoms with Gasteiger partial charge in [0.2, 0.25) is 10.0 Å². The van der Waals surface area contributed by atoms with E-state index in [4.69, 9.17) is 12.2 Å². The Labute approximate surface area is 169 Å². The molecule has 1 heterocycles. The molecule has 0 unspecified atom stereocenters. The molecule has 7 heteroatoms. The summed E-state index contributed by atoms with van der Waals surface area (Å²) in [5, 5.41) is 7.23. The first kappa shape index (κ1) is 20.6. The maximum atomic E-state index is 12.9. The topological polar surface area (TPSA) is 61.4 Å². The molecule has 1 saturated heterocycles. The number of hydrogen-bond donors (Lipinski definition) is 2. The van der Waals surface area contributed by atoms with Crippen LogP contribution in [0.25, 0.3) is 0 Å². The van der Waals surface area contributed by atoms with Gasteiger partial charge in [-0.15, -0.1) is 0 Å². The minimum Gasteiger partial charge on any atom is -0.359 e. The summed E-state index contributed by atoms with van der Waals surface area (Å²) in [6.07, 6.45) is 7.84. The van der Waals surface area contributed by atoms with Gasteiger partial charge in [-0.2, -0.15) is 4.31 Å². The molecule has 2 aliphatic rings. The monoisotopic (exact) mass is 409 g/mol. The molecule has 27 heavy (non-hydrogen) atoms. The molecular weight excluding hydrogens is 378 g/mol. The summed E-state index contributed by atoms with van der Waals surface area (Å²) in [5.41, 5.74) is 1.74. The molecule has 1 aromatic rings. The van der Waals surface area contributed by atoms with Crippen LogP contribution >= 0.6 is 12.2 Å². The van der Waals surface area contributed by atoms with Crippen LogP contribution in [0.4, 0.5) is 5.69 Å². The summed E-state index contributed by atoms with van der Waals surface area (Å²) in [4.78, 5) is 0.339. The van der Waals surface area contributed by atoms with Crippen molar-refractivity contribution in [2.75, 3.05) is 18.4 Å². The zero-order valence-electron chi connectivity index (χ0n) is 16.3. The Morgan fingerprint density at radius 3 is 2.52 bits per heavy atom. The number of piperidine rings is 1. The Morgan fingerprint density at radius 1 is 1.11 bits per heavy atom. The predicted octanol–water partition coefficient (Wildman–Crippen LogP) is 4.03. The highest BCUT2D eigenvalue weighted by atomic mass is 32.2. The maximum Gasteiger partial charge on any atom is 0.243 e. The highest BCUT2D eigenvalue weighted by Gasteiger charge is 2.27. The van der Waals surface area contributed by atoms with E-state index in [0.29, 0.717) is 35.1 Å². The largest absolute Gasteiger partial charge is 0.359 e. The van der Waals surface area contributed by atoms with Gasteiger partial charge in [0.1, 0.15) is 0 Å². The zero-order chi connectivity index (χ0) is 19.4. The minimum atomic E-state index is -3.44. The molecule has 150 valence electrons. The molecule has 0 spiro atoms. The molecule has 2 atom stereocenters. The molecule has 1 aliphatic carbocycles. The van der Waals surface area contributed by atoms with Gasteiger partial charge in [-0.1, -0.05) is 32.3 Å². The van der Waals surface area contributed by atoms with Gasteiger partial charge in [0.15, 0.2) is 5.11 Å². The standard InChI is InChI=1S/C20H31N3O2S2/c1-15-8-4-5-9-18(15)21-20(26)22-19-14-17(11-10-16(19)2)27(24,25)23-12-6-3-7-13-23/h10-11,14-15,18H,3-9,12-13H2,1-2H3,(H2,21,22,26)/t15-,18+/m0/s1. The Morgan fingerprint density at radius 2 is 1.81 bits per heavy atom. The number of anilines is 1. The van der Waals surface area contributed by atoms with E-state index in [1.165, 1.54) is 19.3 Å². The van der Waals surface area contributed by atoms with E-state index in [9.17, 15) is 8.42 Å². The number of nitrogens with zero attached hydrogens (tertiary/aromatic N) is 1. The number of benzene rings is 1. The fraction of sp³-hybridized carbons (Fsp3) is 0.650. The van der Waals surface area contributed by atoms with Gasteiger partial charge in [-0.05, 0) is 68.4 Å². The van der Waals surface area contributed by atoms with Gasteiger partial charge in [0, 0.05) is 24.8 Å². The summed E-state index contributed by atoms with van der Waals surface area (Å²) >= 11 is 5.51. The fourth-order valence-corrected chi connectivity index (χ4v) is 5.81. The van der Waals surface area contributed by atoms with Crippen LogP contribution in [0.15, 0.2) is 23.1 Å². The van der Waals surface area contributed by atoms with Crippen molar-refractivity contribution in [1.29, 1.82) is 0 Å². The number of aryl methyl sites for hydroxylation is 1. The van der Waals surface area contributed by atoms with Crippen LogP contribution in [0.5, 0.6) is 0 Å². The number of nitrogens with one attached hydrogen (secondary N) is 2. The molecule has 1 saturated carbocycles. The molecular formula is C20H31N3O2S2. The quantitative estimate of drug-likeness (QED) is 0.735. The van der Waals surface area contributed by atoms with E-state index in [1.54, 1.807) is 16.4 Å². The lowest BCUT2D eigenvalue weighted by molar-refractivity contribution is 0.309. The van der Waals surface area contributed by atoms with Crippen molar-refractivity contribution in [2.24, 2.45) is 5.92 Å². The van der Waals surface area contributed by atoms with E-state index in [1.807, 2.05) is 13.0 Å². The second kappa shape index (κ2) is 8.88. The van der Waals surface area contributed by atoms with E-state index in [2.05, 4.69) is 17.6 Å². The number of thiocarbonyl (C=S) groups is 1. The lowest BCUT2D eigenvalue weighted by atomic mass is 9.86. The van der Waals surface area contributed by atoms with Crippen LogP contribution in [-0.4, -0.2) is 37.0 Å². The number of rotatable bonds is 4. The molecule has 0 aromatic heterocycles. The second-order valence-corrected chi connectivity index (χ2v) is 10.3. The Kier molecular flexibility index (Phi) is 6.76. The van der Waals surface area contributed by atoms with Gasteiger partial charge in [-0.25, -0.2) is 8.42 Å². The third-order valence-corrected chi connectivity index (χ3v) is 7.95. The predicted molar refractivity (Wildman–Crippen MR) is 115 cm³/mol. The van der Waals surface area contributed by atoms with E-state index >= 15 is 0 Å². The van der Waals surface area contributed by atoms with Crippen LogP contribution in [0.1, 0.15) is 57.4 Å². The van der Waals surface area contributed by atoms with Crippen LogP contribution in [0.3, 0.4) is 0 Å². The first-order chi connectivity index (χ1) is 12.9. The fourth-order valence-electron chi connectivity index (χ4n) is 4.01. The maximum absolute atomic E-state index is 12.9. The smallest absolute Gasteiger partial charge is 0.243 e. The third kappa shape index (κ3) is 5.00. The van der Waals surface area contributed by atoms with Crippen LogP contribution in [-0.2, 0) is 10.0 Å². The Hall–Kier alpha value is -1.18. The first-order valence-electron chi connectivity index (χ1n) is 10.1. The summed E-state index contributed by atoms with van der Waals surface area (Å²) in [7, 11) is -3.44. The lowest BCUT2D eigenvalue weighted by Crippen LogP contribution is -2.43. The lowest BCUT2D eigenvalue weighted by Gasteiger charge is -2.30. The van der Waals surface area contributed by atoms with Crippen molar-refractivity contribution in [3.8, 4) is 0 Å². The van der Waals surface area contributed by atoms with Crippen molar-refractivity contribution in [3.05, 3.63) is 23.8 Å². The first-order valence-corrected chi connectivity index (χ1v) is 11.9. The molecule has 0 amide bonds. The van der Waals surface area contributed by atoms with Crippen LogP contribution < -0.4 is 10.6 Å². The summed E-state index contributed by atoms with van der Waals surface area (Å²) in [6.45, 7) is 5.44. The van der Waals surface area contributed by atoms with Crippen molar-refractivity contribution in [2.45, 2.75) is 69.7 Å². The Balaban J connectivity index is 1.72. The van der Waals surface area contributed by atoms with Crippen molar-refractivity contribution in [3.63, 3.8) is 0 Å². The molecule has 0 radical (unpaired) electrons. The zero-order valence-corrected chi connectivity index (χ0v) is 18.0. The van der Waals surface area contributed by atoms with E-state index in [-0.39, 0.29) is 0 Å². The summed E-state index contributed by atoms with van der Waals surface area (Å²) in [6, 6.07) is 5.66. The second-order valence-electron chi connectivity index (χ2n) is 7.91. The average Bonchev–Trinajstić information content (AvgIpc) is 2.66. The molecule has 1 aromatic carbocycles. The normalized spacial score (nSPS) is 24.4. The molecule has 3 rings (SSSR count). The molecule has 5 nitrogen and oxygen atoms in total. The van der Waals surface area contributed by atoms with Gasteiger partial charge in [0.25, 0.3) is 0 Å².